The second kappa shape index (κ2) is 3.96. The molecule has 0 spiro atoms. The van der Waals surface area contributed by atoms with E-state index in [0.29, 0.717) is 0 Å². The number of amides is 1. The standard InChI is InChI=1S/C11H11NO2/c13-11(12-7-8-12)14-9-6-10-4-2-1-3-5-10/h1-6,9H,7-8H2. The number of hydrogen-bond acceptors (Lipinski definition) is 2. The summed E-state index contributed by atoms with van der Waals surface area (Å²) in [6.45, 7) is 1.63. The topological polar surface area (TPSA) is 29.3 Å². The summed E-state index contributed by atoms with van der Waals surface area (Å²) in [5.41, 5.74) is 1.02. The molecular formula is C11H11NO2. The first kappa shape index (κ1) is 8.81. The molecule has 0 bridgehead atoms. The molecule has 1 aliphatic rings. The summed E-state index contributed by atoms with van der Waals surface area (Å²) in [6, 6.07) is 9.71. The molecule has 0 N–H and O–H groups in total. The number of carbonyl (C=O) groups is 1. The van der Waals surface area contributed by atoms with Gasteiger partial charge in [0, 0.05) is 13.1 Å². The minimum atomic E-state index is -0.266. The molecule has 0 aliphatic carbocycles. The highest BCUT2D eigenvalue weighted by Crippen LogP contribution is 2.07. The third-order valence-electron chi connectivity index (χ3n) is 1.93. The van der Waals surface area contributed by atoms with E-state index < -0.39 is 0 Å². The minimum absolute atomic E-state index is 0.266. The maximum absolute atomic E-state index is 11.0. The Balaban J connectivity index is 1.85. The summed E-state index contributed by atoms with van der Waals surface area (Å²) < 4.78 is 4.88. The molecular weight excluding hydrogens is 178 g/mol. The van der Waals surface area contributed by atoms with Crippen LogP contribution in [0.5, 0.6) is 0 Å². The summed E-state index contributed by atoms with van der Waals surface area (Å²) in [7, 11) is 0. The third-order valence-corrected chi connectivity index (χ3v) is 1.93. The van der Waals surface area contributed by atoms with Gasteiger partial charge in [-0.05, 0) is 11.6 Å². The molecule has 1 saturated heterocycles. The quantitative estimate of drug-likeness (QED) is 0.526. The van der Waals surface area contributed by atoms with Gasteiger partial charge in [0.15, 0.2) is 0 Å². The molecule has 0 unspecified atom stereocenters. The van der Waals surface area contributed by atoms with Crippen LogP contribution in [0.1, 0.15) is 5.56 Å². The van der Waals surface area contributed by atoms with Crippen LogP contribution in [-0.4, -0.2) is 24.1 Å². The van der Waals surface area contributed by atoms with Crippen LogP contribution in [0.2, 0.25) is 0 Å². The van der Waals surface area contributed by atoms with E-state index in [0.717, 1.165) is 18.7 Å². The second-order valence-corrected chi connectivity index (χ2v) is 3.08. The van der Waals surface area contributed by atoms with E-state index in [9.17, 15) is 4.79 Å². The molecule has 0 saturated carbocycles. The number of rotatable bonds is 2. The molecule has 1 aromatic carbocycles. The summed E-state index contributed by atoms with van der Waals surface area (Å²) in [4.78, 5) is 12.7. The first-order valence-electron chi connectivity index (χ1n) is 4.53. The summed E-state index contributed by atoms with van der Waals surface area (Å²) in [5.74, 6) is 0. The molecule has 1 heterocycles. The summed E-state index contributed by atoms with van der Waals surface area (Å²) >= 11 is 0. The predicted molar refractivity (Wildman–Crippen MR) is 53.5 cm³/mol. The number of nitrogens with zero attached hydrogens (tertiary/aromatic N) is 1. The van der Waals surface area contributed by atoms with Crippen molar-refractivity contribution in [2.45, 2.75) is 0 Å². The van der Waals surface area contributed by atoms with Crippen LogP contribution >= 0.6 is 0 Å². The fourth-order valence-electron chi connectivity index (χ4n) is 1.04. The van der Waals surface area contributed by atoms with Crippen molar-refractivity contribution >= 4 is 12.2 Å². The highest BCUT2D eigenvalue weighted by molar-refractivity contribution is 5.71. The lowest BCUT2D eigenvalue weighted by atomic mass is 10.2. The fourth-order valence-corrected chi connectivity index (χ4v) is 1.04. The number of carbonyl (C=O) groups excluding carboxylic acids is 1. The van der Waals surface area contributed by atoms with Gasteiger partial charge in [0.05, 0.1) is 6.26 Å². The first-order chi connectivity index (χ1) is 6.86. The van der Waals surface area contributed by atoms with Crippen molar-refractivity contribution in [1.82, 2.24) is 4.90 Å². The Labute approximate surface area is 82.6 Å². The van der Waals surface area contributed by atoms with Crippen molar-refractivity contribution < 1.29 is 9.53 Å². The van der Waals surface area contributed by atoms with E-state index in [1.165, 1.54) is 6.26 Å². The highest BCUT2D eigenvalue weighted by Gasteiger charge is 2.24. The average molecular weight is 189 g/mol. The zero-order chi connectivity index (χ0) is 9.80. The van der Waals surface area contributed by atoms with Crippen LogP contribution < -0.4 is 0 Å². The largest absolute Gasteiger partial charge is 0.418 e. The van der Waals surface area contributed by atoms with Gasteiger partial charge < -0.3 is 9.64 Å². The SMILES string of the molecule is O=C(OC=Cc1ccccc1)N1CC1. The number of hydrogen-bond donors (Lipinski definition) is 0. The van der Waals surface area contributed by atoms with Crippen molar-refractivity contribution in [3.63, 3.8) is 0 Å². The van der Waals surface area contributed by atoms with E-state index in [2.05, 4.69) is 0 Å². The van der Waals surface area contributed by atoms with E-state index in [4.69, 9.17) is 4.74 Å². The molecule has 3 heteroatoms. The third kappa shape index (κ3) is 2.36. The van der Waals surface area contributed by atoms with Crippen LogP contribution in [-0.2, 0) is 4.74 Å². The van der Waals surface area contributed by atoms with Gasteiger partial charge in [-0.15, -0.1) is 0 Å². The lowest BCUT2D eigenvalue weighted by molar-refractivity contribution is 0.171. The summed E-state index contributed by atoms with van der Waals surface area (Å²) in [6.07, 6.45) is 2.93. The maximum atomic E-state index is 11.0. The number of benzene rings is 1. The Morgan fingerprint density at radius 2 is 2.00 bits per heavy atom. The normalized spacial score (nSPS) is 14.4. The van der Waals surface area contributed by atoms with Crippen LogP contribution in [0.15, 0.2) is 36.6 Å². The van der Waals surface area contributed by atoms with E-state index >= 15 is 0 Å². The minimum Gasteiger partial charge on any atom is -0.418 e. The Morgan fingerprint density at radius 3 is 2.64 bits per heavy atom. The van der Waals surface area contributed by atoms with Gasteiger partial charge in [0.25, 0.3) is 0 Å². The molecule has 1 fully saturated rings. The molecule has 14 heavy (non-hydrogen) atoms. The molecule has 0 aromatic heterocycles. The number of ether oxygens (including phenoxy) is 1. The molecule has 3 nitrogen and oxygen atoms in total. The van der Waals surface area contributed by atoms with Gasteiger partial charge in [0.2, 0.25) is 0 Å². The fraction of sp³-hybridized carbons (Fsp3) is 0.182. The monoisotopic (exact) mass is 189 g/mol. The maximum Gasteiger partial charge on any atom is 0.414 e. The lowest BCUT2D eigenvalue weighted by Crippen LogP contribution is -2.08. The van der Waals surface area contributed by atoms with Gasteiger partial charge in [0.1, 0.15) is 0 Å². The predicted octanol–water partition coefficient (Wildman–Crippen LogP) is 2.11. The Hall–Kier alpha value is -1.77. The van der Waals surface area contributed by atoms with Crippen molar-refractivity contribution in [2.24, 2.45) is 0 Å². The summed E-state index contributed by atoms with van der Waals surface area (Å²) in [5, 5.41) is 0. The van der Waals surface area contributed by atoms with Crippen LogP contribution in [0, 0.1) is 0 Å². The molecule has 1 amide bonds. The molecule has 0 radical (unpaired) electrons. The zero-order valence-electron chi connectivity index (χ0n) is 7.72. The molecule has 72 valence electrons. The molecule has 2 rings (SSSR count). The van der Waals surface area contributed by atoms with Gasteiger partial charge in [-0.3, -0.25) is 0 Å². The van der Waals surface area contributed by atoms with Crippen LogP contribution in [0.4, 0.5) is 4.79 Å². The van der Waals surface area contributed by atoms with Gasteiger partial charge >= 0.3 is 6.09 Å². The Bertz CT molecular complexity index is 342. The highest BCUT2D eigenvalue weighted by atomic mass is 16.5. The molecule has 0 atom stereocenters. The van der Waals surface area contributed by atoms with Crippen molar-refractivity contribution in [3.8, 4) is 0 Å². The van der Waals surface area contributed by atoms with Crippen molar-refractivity contribution in [2.75, 3.05) is 13.1 Å². The zero-order valence-corrected chi connectivity index (χ0v) is 7.72. The van der Waals surface area contributed by atoms with Gasteiger partial charge in [-0.25, -0.2) is 4.79 Å². The lowest BCUT2D eigenvalue weighted by Gasteiger charge is -1.97. The van der Waals surface area contributed by atoms with Crippen LogP contribution in [0.3, 0.4) is 0 Å². The van der Waals surface area contributed by atoms with Crippen LogP contribution in [0.25, 0.3) is 6.08 Å². The molecule has 1 aliphatic heterocycles. The van der Waals surface area contributed by atoms with E-state index in [1.54, 1.807) is 11.0 Å². The Kier molecular flexibility index (Phi) is 2.49. The average Bonchev–Trinajstić information content (AvgIpc) is 3.02. The molecule has 1 aromatic rings. The van der Waals surface area contributed by atoms with Gasteiger partial charge in [-0.1, -0.05) is 30.3 Å². The first-order valence-corrected chi connectivity index (χ1v) is 4.53. The Morgan fingerprint density at radius 1 is 1.29 bits per heavy atom. The smallest absolute Gasteiger partial charge is 0.414 e. The van der Waals surface area contributed by atoms with Crippen molar-refractivity contribution in [3.05, 3.63) is 42.2 Å². The second-order valence-electron chi connectivity index (χ2n) is 3.08. The van der Waals surface area contributed by atoms with Crippen molar-refractivity contribution in [1.29, 1.82) is 0 Å². The van der Waals surface area contributed by atoms with Gasteiger partial charge in [-0.2, -0.15) is 0 Å². The van der Waals surface area contributed by atoms with E-state index in [1.807, 2.05) is 30.3 Å². The van der Waals surface area contributed by atoms with E-state index in [-0.39, 0.29) is 6.09 Å².